The molecule has 4 aromatic rings. The van der Waals surface area contributed by atoms with Crippen LogP contribution in [0.1, 0.15) is 17.0 Å². The molecule has 0 bridgehead atoms. The van der Waals surface area contributed by atoms with Gasteiger partial charge >= 0.3 is 6.18 Å². The number of benzene rings is 2. The van der Waals surface area contributed by atoms with Crippen LogP contribution in [-0.4, -0.2) is 39.5 Å². The van der Waals surface area contributed by atoms with Crippen LogP contribution in [-0.2, 0) is 11.9 Å². The van der Waals surface area contributed by atoms with Gasteiger partial charge in [-0.1, -0.05) is 42.1 Å². The lowest BCUT2D eigenvalue weighted by Gasteiger charge is -2.14. The molecule has 0 aliphatic heterocycles. The summed E-state index contributed by atoms with van der Waals surface area (Å²) in [6.45, 7) is 6.96. The van der Waals surface area contributed by atoms with Gasteiger partial charge in [0.05, 0.1) is 18.7 Å². The number of hydrogen-bond donors (Lipinski definition) is 3. The Kier molecular flexibility index (Phi) is 8.60. The fraction of sp³-hybridized carbons (Fsp3) is 0.185. The largest absolute Gasteiger partial charge is 0.491 e. The third-order valence-corrected chi connectivity index (χ3v) is 6.49. The van der Waals surface area contributed by atoms with E-state index < -0.39 is 24.6 Å². The number of halogens is 3. The molecule has 0 aliphatic carbocycles. The first-order chi connectivity index (χ1) is 19.2. The van der Waals surface area contributed by atoms with Crippen LogP contribution >= 0.6 is 11.8 Å². The summed E-state index contributed by atoms with van der Waals surface area (Å²) in [5.41, 5.74) is 6.45. The number of pyridine rings is 1. The molecule has 204 valence electrons. The normalized spacial score (nSPS) is 12.0. The van der Waals surface area contributed by atoms with Crippen LogP contribution in [0, 0.1) is 17.9 Å². The van der Waals surface area contributed by atoms with Crippen LogP contribution < -0.4 is 10.5 Å². The van der Waals surface area contributed by atoms with E-state index in [2.05, 4.69) is 14.8 Å². The minimum Gasteiger partial charge on any atom is -0.491 e. The molecule has 2 aromatic carbocycles. The molecule has 2 heterocycles. The van der Waals surface area contributed by atoms with Crippen molar-refractivity contribution < 1.29 is 32.5 Å². The summed E-state index contributed by atoms with van der Waals surface area (Å²) in [4.78, 5) is 11.6. The summed E-state index contributed by atoms with van der Waals surface area (Å²) in [7, 11) is 0. The Bertz CT molecular complexity index is 1580. The number of nitrogen functional groups attached to an aromatic ring is 1. The predicted octanol–water partition coefficient (Wildman–Crippen LogP) is 5.45. The van der Waals surface area contributed by atoms with Gasteiger partial charge < -0.3 is 25.1 Å². The topological polar surface area (TPSA) is 143 Å². The molecule has 0 fully saturated rings. The molecule has 13 heteroatoms. The van der Waals surface area contributed by atoms with Gasteiger partial charge in [-0.25, -0.2) is 14.8 Å². The molecule has 0 aliphatic rings. The van der Waals surface area contributed by atoms with Crippen molar-refractivity contribution in [3.8, 4) is 34.4 Å². The number of thioether (sulfide) groups is 1. The molecule has 0 saturated carbocycles. The van der Waals surface area contributed by atoms with Crippen LogP contribution in [0.3, 0.4) is 0 Å². The second-order valence-corrected chi connectivity index (χ2v) is 9.21. The van der Waals surface area contributed by atoms with Crippen LogP contribution in [0.5, 0.6) is 5.75 Å². The summed E-state index contributed by atoms with van der Waals surface area (Å²) in [6.07, 6.45) is -5.87. The number of oxazole rings is 1. The number of aliphatic hydroxyl groups is 2. The molecule has 0 unspecified atom stereocenters. The molecular formula is C27H20F3N5O4S. The number of alkyl halides is 3. The lowest BCUT2D eigenvalue weighted by molar-refractivity contribution is -0.153. The molecular weight excluding hydrogens is 547 g/mol. The van der Waals surface area contributed by atoms with Gasteiger partial charge in [0.1, 0.15) is 41.1 Å². The number of aliphatic hydroxyl groups excluding tert-OH is 2. The van der Waals surface area contributed by atoms with E-state index in [0.717, 1.165) is 11.8 Å². The highest BCUT2D eigenvalue weighted by Gasteiger charge is 2.39. The zero-order valence-corrected chi connectivity index (χ0v) is 21.3. The second kappa shape index (κ2) is 12.1. The number of nitrogens with zero attached hydrogens (tertiary/aromatic N) is 4. The molecule has 40 heavy (non-hydrogen) atoms. The first kappa shape index (κ1) is 28.4. The maximum atomic E-state index is 13.7. The summed E-state index contributed by atoms with van der Waals surface area (Å²) in [5, 5.41) is 28.4. The molecule has 0 radical (unpaired) electrons. The lowest BCUT2D eigenvalue weighted by atomic mass is 10.00. The lowest BCUT2D eigenvalue weighted by Crippen LogP contribution is -2.21. The SMILES string of the molecule is [C-]#[N+]c1c(N)nc(SCc2nc(-c3ccccc3)oc2C(F)(F)F)c(C#N)c1-c1ccc(OC[C@@H](O)CO)cc1. The minimum absolute atomic E-state index is 0.0196. The highest BCUT2D eigenvalue weighted by Crippen LogP contribution is 2.43. The van der Waals surface area contributed by atoms with Crippen molar-refractivity contribution in [2.24, 2.45) is 0 Å². The van der Waals surface area contributed by atoms with Crippen molar-refractivity contribution in [2.45, 2.75) is 23.1 Å². The van der Waals surface area contributed by atoms with Gasteiger partial charge in [0, 0.05) is 16.9 Å². The standard InChI is InChI=1S/C27H20F3N5O4S/c1-33-22-21(15-7-9-18(10-8-15)38-13-17(37)12-36)19(11-31)26(35-24(22)32)40-14-20-23(27(28,29)30)39-25(34-20)16-5-3-2-4-6-16/h2-10,17,36-37H,12-14H2,(H2,32,35)/t17-/m0/s1. The zero-order valence-electron chi connectivity index (χ0n) is 20.5. The number of ether oxygens (including phenoxy) is 1. The maximum absolute atomic E-state index is 13.7. The summed E-state index contributed by atoms with van der Waals surface area (Å²) < 4.78 is 51.7. The van der Waals surface area contributed by atoms with E-state index in [9.17, 15) is 23.5 Å². The Morgan fingerprint density at radius 2 is 1.82 bits per heavy atom. The highest BCUT2D eigenvalue weighted by molar-refractivity contribution is 7.98. The summed E-state index contributed by atoms with van der Waals surface area (Å²) in [6, 6.07) is 16.3. The monoisotopic (exact) mass is 567 g/mol. The van der Waals surface area contributed by atoms with Gasteiger partial charge in [0.25, 0.3) is 0 Å². The predicted molar refractivity (Wildman–Crippen MR) is 140 cm³/mol. The van der Waals surface area contributed by atoms with Crippen molar-refractivity contribution >= 4 is 23.3 Å². The highest BCUT2D eigenvalue weighted by atomic mass is 32.2. The fourth-order valence-electron chi connectivity index (χ4n) is 3.65. The van der Waals surface area contributed by atoms with Crippen molar-refractivity contribution in [3.05, 3.63) is 83.0 Å². The number of nitriles is 1. The Hall–Kier alpha value is -4.56. The average Bonchev–Trinajstić information content (AvgIpc) is 3.40. The molecule has 0 spiro atoms. The van der Waals surface area contributed by atoms with Crippen molar-refractivity contribution in [1.29, 1.82) is 5.26 Å². The van der Waals surface area contributed by atoms with Crippen LogP contribution in [0.4, 0.5) is 24.7 Å². The van der Waals surface area contributed by atoms with Gasteiger partial charge in [-0.2, -0.15) is 18.4 Å². The zero-order chi connectivity index (χ0) is 28.9. The van der Waals surface area contributed by atoms with E-state index in [1.165, 1.54) is 12.1 Å². The molecule has 9 nitrogen and oxygen atoms in total. The molecule has 0 amide bonds. The number of nitrogens with two attached hydrogens (primary N) is 1. The molecule has 0 saturated heterocycles. The first-order valence-electron chi connectivity index (χ1n) is 11.5. The van der Waals surface area contributed by atoms with E-state index in [0.29, 0.717) is 16.9 Å². The number of hydrogen-bond acceptors (Lipinski definition) is 9. The van der Waals surface area contributed by atoms with Crippen molar-refractivity contribution in [2.75, 3.05) is 18.9 Å². The number of anilines is 1. The van der Waals surface area contributed by atoms with E-state index in [1.807, 2.05) is 6.07 Å². The van der Waals surface area contributed by atoms with Crippen LogP contribution in [0.15, 0.2) is 64.0 Å². The van der Waals surface area contributed by atoms with Crippen molar-refractivity contribution in [3.63, 3.8) is 0 Å². The molecule has 2 aromatic heterocycles. The molecule has 4 N–H and O–H groups in total. The van der Waals surface area contributed by atoms with Gasteiger partial charge in [-0.3, -0.25) is 0 Å². The number of rotatable bonds is 9. The molecule has 1 atom stereocenters. The first-order valence-corrected chi connectivity index (χ1v) is 12.5. The second-order valence-electron chi connectivity index (χ2n) is 8.24. The van der Waals surface area contributed by atoms with Gasteiger partial charge in [0.15, 0.2) is 0 Å². The third kappa shape index (κ3) is 6.18. The maximum Gasteiger partial charge on any atom is 0.451 e. The van der Waals surface area contributed by atoms with Gasteiger partial charge in [-0.05, 0) is 29.8 Å². The average molecular weight is 568 g/mol. The Morgan fingerprint density at radius 3 is 2.42 bits per heavy atom. The van der Waals surface area contributed by atoms with Crippen molar-refractivity contribution in [1.82, 2.24) is 9.97 Å². The van der Waals surface area contributed by atoms with Crippen LogP contribution in [0.2, 0.25) is 0 Å². The van der Waals surface area contributed by atoms with E-state index in [1.54, 1.807) is 42.5 Å². The fourth-order valence-corrected chi connectivity index (χ4v) is 4.57. The van der Waals surface area contributed by atoms with Crippen LogP contribution in [0.25, 0.3) is 27.4 Å². The Balaban J connectivity index is 1.69. The summed E-state index contributed by atoms with van der Waals surface area (Å²) >= 11 is 0.808. The molecule has 4 rings (SSSR count). The van der Waals surface area contributed by atoms with Gasteiger partial charge in [0.2, 0.25) is 17.3 Å². The van der Waals surface area contributed by atoms with E-state index in [4.69, 9.17) is 26.6 Å². The Labute approximate surface area is 230 Å². The van der Waals surface area contributed by atoms with E-state index in [-0.39, 0.29) is 51.6 Å². The van der Waals surface area contributed by atoms with Gasteiger partial charge in [-0.15, -0.1) is 0 Å². The summed E-state index contributed by atoms with van der Waals surface area (Å²) in [5.74, 6) is -1.64. The minimum atomic E-state index is -4.81. The van der Waals surface area contributed by atoms with E-state index >= 15 is 0 Å². The smallest absolute Gasteiger partial charge is 0.451 e. The number of aromatic nitrogens is 2. The third-order valence-electron chi connectivity index (χ3n) is 5.51. The Morgan fingerprint density at radius 1 is 1.12 bits per heavy atom. The quantitative estimate of drug-likeness (QED) is 0.178.